The van der Waals surface area contributed by atoms with Crippen LogP contribution in [0.2, 0.25) is 0 Å². The number of rotatable bonds is 12. The van der Waals surface area contributed by atoms with Crippen molar-refractivity contribution in [3.63, 3.8) is 0 Å². The van der Waals surface area contributed by atoms with E-state index >= 15 is 0 Å². The molecule has 10 nitrogen and oxygen atoms in total. The fourth-order valence-electron chi connectivity index (χ4n) is 4.89. The van der Waals surface area contributed by atoms with Gasteiger partial charge in [0.25, 0.3) is 5.56 Å². The van der Waals surface area contributed by atoms with Gasteiger partial charge in [0.1, 0.15) is 12.3 Å². The fraction of sp³-hybridized carbons (Fsp3) is 0.310. The minimum Gasteiger partial charge on any atom is -0.493 e. The molecule has 39 heavy (non-hydrogen) atoms. The lowest BCUT2D eigenvalue weighted by Gasteiger charge is -2.30. The molecule has 0 amide bonds. The first-order valence-electron chi connectivity index (χ1n) is 12.9. The van der Waals surface area contributed by atoms with E-state index in [1.54, 1.807) is 31.2 Å². The van der Waals surface area contributed by atoms with Crippen LogP contribution >= 0.6 is 0 Å². The van der Waals surface area contributed by atoms with Crippen LogP contribution in [0.4, 0.5) is 0 Å². The Morgan fingerprint density at radius 2 is 1.85 bits per heavy atom. The summed E-state index contributed by atoms with van der Waals surface area (Å²) in [4.78, 5) is 18.6. The molecule has 202 valence electrons. The first-order valence-corrected chi connectivity index (χ1v) is 12.9. The Kier molecular flexibility index (Phi) is 8.02. The number of nitrogens with one attached hydrogen (secondary N) is 1. The van der Waals surface area contributed by atoms with Gasteiger partial charge in [-0.05, 0) is 53.1 Å². The Morgan fingerprint density at radius 3 is 2.56 bits per heavy atom. The van der Waals surface area contributed by atoms with Crippen molar-refractivity contribution >= 4 is 10.9 Å². The highest BCUT2D eigenvalue weighted by Gasteiger charge is 2.26. The van der Waals surface area contributed by atoms with Crippen molar-refractivity contribution in [3.8, 4) is 11.5 Å². The van der Waals surface area contributed by atoms with Crippen LogP contribution < -0.4 is 15.0 Å². The van der Waals surface area contributed by atoms with Crippen LogP contribution in [0, 0.1) is 0 Å². The number of methoxy groups -OCH3 is 2. The van der Waals surface area contributed by atoms with E-state index in [1.807, 2.05) is 42.5 Å². The maximum atomic E-state index is 13.3. The van der Waals surface area contributed by atoms with Gasteiger partial charge in [0.15, 0.2) is 17.3 Å². The van der Waals surface area contributed by atoms with E-state index in [9.17, 15) is 4.79 Å². The molecule has 1 N–H and O–H groups in total. The second-order valence-electron chi connectivity index (χ2n) is 9.32. The van der Waals surface area contributed by atoms with E-state index in [2.05, 4.69) is 44.5 Å². The second kappa shape index (κ2) is 12.0. The molecule has 1 atom stereocenters. The van der Waals surface area contributed by atoms with Gasteiger partial charge < -0.3 is 18.9 Å². The molecule has 3 aromatic heterocycles. The van der Waals surface area contributed by atoms with E-state index in [-0.39, 0.29) is 11.6 Å². The van der Waals surface area contributed by atoms with Gasteiger partial charge in [0, 0.05) is 30.1 Å². The quantitative estimate of drug-likeness (QED) is 0.254. The summed E-state index contributed by atoms with van der Waals surface area (Å²) in [5, 5.41) is 13.5. The number of tetrazole rings is 1. The second-order valence-corrected chi connectivity index (χ2v) is 9.32. The van der Waals surface area contributed by atoms with Crippen LogP contribution in [-0.2, 0) is 19.5 Å². The molecule has 0 aliphatic rings. The highest BCUT2D eigenvalue weighted by Crippen LogP contribution is 2.32. The Bertz CT molecular complexity index is 1560. The third-order valence-corrected chi connectivity index (χ3v) is 6.90. The predicted octanol–water partition coefficient (Wildman–Crippen LogP) is 4.37. The summed E-state index contributed by atoms with van der Waals surface area (Å²) < 4.78 is 18.2. The standard InChI is InChI=1S/C29H32N6O4/c1-4-25(28-31-32-33-35(28)19-23-11-8-14-39-23)34(13-12-20-9-6-5-7-10-20)18-22-15-21-16-26(37-2)27(38-3)17-24(21)30-29(22)36/h5-11,14-17,25H,4,12-13,18-19H2,1-3H3,(H,30,36)/t25-/m1/s1. The maximum absolute atomic E-state index is 13.3. The van der Waals surface area contributed by atoms with Gasteiger partial charge in [-0.2, -0.15) is 0 Å². The number of H-pyrrole nitrogens is 1. The van der Waals surface area contributed by atoms with Crippen molar-refractivity contribution in [3.05, 3.63) is 100.0 Å². The molecule has 0 unspecified atom stereocenters. The van der Waals surface area contributed by atoms with Crippen LogP contribution in [0.15, 0.2) is 76.1 Å². The van der Waals surface area contributed by atoms with Crippen LogP contribution in [-0.4, -0.2) is 50.9 Å². The number of fused-ring (bicyclic) bond motifs is 1. The summed E-state index contributed by atoms with van der Waals surface area (Å²) >= 11 is 0. The zero-order chi connectivity index (χ0) is 27.2. The van der Waals surface area contributed by atoms with Gasteiger partial charge in [-0.1, -0.05) is 37.3 Å². The number of aromatic amines is 1. The topological polar surface area (TPSA) is 111 Å². The van der Waals surface area contributed by atoms with E-state index < -0.39 is 0 Å². The first-order chi connectivity index (χ1) is 19.1. The minimum atomic E-state index is -0.149. The number of pyridine rings is 1. The molecule has 5 rings (SSSR count). The monoisotopic (exact) mass is 528 g/mol. The Balaban J connectivity index is 1.50. The zero-order valence-electron chi connectivity index (χ0n) is 22.3. The number of hydrogen-bond acceptors (Lipinski definition) is 8. The van der Waals surface area contributed by atoms with Gasteiger partial charge in [-0.3, -0.25) is 9.69 Å². The van der Waals surface area contributed by atoms with Crippen molar-refractivity contribution in [2.75, 3.05) is 20.8 Å². The summed E-state index contributed by atoms with van der Waals surface area (Å²) in [6, 6.07) is 19.5. The summed E-state index contributed by atoms with van der Waals surface area (Å²) in [6.07, 6.45) is 3.21. The number of aromatic nitrogens is 5. The van der Waals surface area contributed by atoms with E-state index in [1.165, 1.54) is 5.56 Å². The largest absolute Gasteiger partial charge is 0.493 e. The lowest BCUT2D eigenvalue weighted by molar-refractivity contribution is 0.172. The Morgan fingerprint density at radius 1 is 1.05 bits per heavy atom. The van der Waals surface area contributed by atoms with E-state index in [0.29, 0.717) is 42.2 Å². The number of furan rings is 1. The molecule has 0 fully saturated rings. The normalized spacial score (nSPS) is 12.2. The summed E-state index contributed by atoms with van der Waals surface area (Å²) in [6.45, 7) is 3.66. The number of ether oxygens (including phenoxy) is 2. The molecular formula is C29H32N6O4. The molecule has 0 aliphatic heterocycles. The van der Waals surface area contributed by atoms with Crippen LogP contribution in [0.5, 0.6) is 11.5 Å². The van der Waals surface area contributed by atoms with E-state index in [0.717, 1.165) is 29.8 Å². The maximum Gasteiger partial charge on any atom is 0.252 e. The zero-order valence-corrected chi connectivity index (χ0v) is 22.3. The minimum absolute atomic E-state index is 0.126. The summed E-state index contributed by atoms with van der Waals surface area (Å²) in [5.74, 6) is 2.66. The molecule has 0 saturated carbocycles. The molecule has 0 bridgehead atoms. The van der Waals surface area contributed by atoms with Crippen molar-refractivity contribution < 1.29 is 13.9 Å². The highest BCUT2D eigenvalue weighted by molar-refractivity contribution is 5.83. The molecule has 3 heterocycles. The number of benzene rings is 2. The van der Waals surface area contributed by atoms with Crippen molar-refractivity contribution in [1.29, 1.82) is 0 Å². The molecule has 0 saturated heterocycles. The first kappa shape index (κ1) is 26.2. The average Bonchev–Trinajstić information content (AvgIpc) is 3.65. The van der Waals surface area contributed by atoms with Gasteiger partial charge >= 0.3 is 0 Å². The van der Waals surface area contributed by atoms with Gasteiger partial charge in [0.05, 0.1) is 32.0 Å². The Hall–Kier alpha value is -4.44. The van der Waals surface area contributed by atoms with Crippen LogP contribution in [0.1, 0.15) is 42.1 Å². The number of hydrogen-bond donors (Lipinski definition) is 1. The summed E-state index contributed by atoms with van der Waals surface area (Å²) in [7, 11) is 3.17. The summed E-state index contributed by atoms with van der Waals surface area (Å²) in [5.41, 5.74) is 2.40. The van der Waals surface area contributed by atoms with Crippen molar-refractivity contribution in [2.24, 2.45) is 0 Å². The van der Waals surface area contributed by atoms with Crippen molar-refractivity contribution in [1.82, 2.24) is 30.1 Å². The fourth-order valence-corrected chi connectivity index (χ4v) is 4.89. The number of nitrogens with zero attached hydrogens (tertiary/aromatic N) is 5. The third-order valence-electron chi connectivity index (χ3n) is 6.90. The predicted molar refractivity (Wildman–Crippen MR) is 147 cm³/mol. The van der Waals surface area contributed by atoms with Crippen LogP contribution in [0.25, 0.3) is 10.9 Å². The van der Waals surface area contributed by atoms with Gasteiger partial charge in [-0.15, -0.1) is 5.10 Å². The lowest BCUT2D eigenvalue weighted by Crippen LogP contribution is -2.34. The molecule has 2 aromatic carbocycles. The van der Waals surface area contributed by atoms with Crippen molar-refractivity contribution in [2.45, 2.75) is 38.9 Å². The Labute approximate surface area is 226 Å². The van der Waals surface area contributed by atoms with Gasteiger partial charge in [-0.25, -0.2) is 4.68 Å². The SMILES string of the molecule is CC[C@H](c1nnnn1Cc1ccco1)N(CCc1ccccc1)Cc1cc2cc(OC)c(OC)cc2[nH]c1=O. The molecule has 0 aliphatic carbocycles. The average molecular weight is 529 g/mol. The molecule has 0 radical (unpaired) electrons. The highest BCUT2D eigenvalue weighted by atomic mass is 16.5. The third kappa shape index (κ3) is 5.85. The van der Waals surface area contributed by atoms with Crippen LogP contribution in [0.3, 0.4) is 0 Å². The molecule has 10 heteroatoms. The molecule has 0 spiro atoms. The molecule has 5 aromatic rings. The smallest absolute Gasteiger partial charge is 0.252 e. The van der Waals surface area contributed by atoms with Gasteiger partial charge in [0.2, 0.25) is 0 Å². The molecular weight excluding hydrogens is 496 g/mol. The lowest BCUT2D eigenvalue weighted by atomic mass is 10.1. The van der Waals surface area contributed by atoms with E-state index in [4.69, 9.17) is 13.9 Å².